The van der Waals surface area contributed by atoms with Crippen LogP contribution >= 0.6 is 0 Å². The van der Waals surface area contributed by atoms with Crippen molar-refractivity contribution < 1.29 is 23.9 Å². The number of hydrogen-bond donors (Lipinski definition) is 2. The van der Waals surface area contributed by atoms with Crippen LogP contribution in [-0.4, -0.2) is 55.8 Å². The van der Waals surface area contributed by atoms with E-state index in [0.29, 0.717) is 37.5 Å². The Morgan fingerprint density at radius 2 is 1.56 bits per heavy atom. The Morgan fingerprint density at radius 1 is 0.960 bits per heavy atom. The molecule has 8 heteroatoms. The molecule has 138 valence electrons. The van der Waals surface area contributed by atoms with Crippen LogP contribution in [-0.2, 0) is 4.74 Å². The number of nitrogens with zero attached hydrogens (tertiary/aromatic N) is 1. The van der Waals surface area contributed by atoms with Gasteiger partial charge in [-0.1, -0.05) is 0 Å². The molecule has 0 saturated heterocycles. The zero-order chi connectivity index (χ0) is 18.7. The number of amides is 3. The van der Waals surface area contributed by atoms with E-state index >= 15 is 0 Å². The van der Waals surface area contributed by atoms with Gasteiger partial charge >= 0.3 is 12.2 Å². The fourth-order valence-electron chi connectivity index (χ4n) is 1.99. The maximum Gasteiger partial charge on any atom is 0.513 e. The lowest BCUT2D eigenvalue weighted by atomic mass is 10.2. The largest absolute Gasteiger partial charge is 0.513 e. The second-order valence-corrected chi connectivity index (χ2v) is 4.97. The first-order chi connectivity index (χ1) is 12.0. The summed E-state index contributed by atoms with van der Waals surface area (Å²) in [4.78, 5) is 36.6. The summed E-state index contributed by atoms with van der Waals surface area (Å²) >= 11 is 0. The van der Waals surface area contributed by atoms with Gasteiger partial charge in [0.2, 0.25) is 0 Å². The van der Waals surface area contributed by atoms with Crippen LogP contribution < -0.4 is 15.4 Å². The highest BCUT2D eigenvalue weighted by Crippen LogP contribution is 2.12. The van der Waals surface area contributed by atoms with Crippen molar-refractivity contribution >= 4 is 18.1 Å². The molecule has 0 saturated carbocycles. The minimum Gasteiger partial charge on any atom is -0.434 e. The molecule has 0 fully saturated rings. The van der Waals surface area contributed by atoms with E-state index in [1.165, 1.54) is 12.1 Å². The first kappa shape index (κ1) is 20.3. The van der Waals surface area contributed by atoms with E-state index in [1.54, 1.807) is 24.0 Å². The van der Waals surface area contributed by atoms with Crippen molar-refractivity contribution in [2.24, 2.45) is 0 Å². The maximum absolute atomic E-state index is 12.0. The third-order valence-corrected chi connectivity index (χ3v) is 3.32. The van der Waals surface area contributed by atoms with Crippen LogP contribution in [0.4, 0.5) is 9.59 Å². The van der Waals surface area contributed by atoms with Crippen LogP contribution in [0.25, 0.3) is 0 Å². The van der Waals surface area contributed by atoms with Crippen molar-refractivity contribution in [3.63, 3.8) is 0 Å². The fourth-order valence-corrected chi connectivity index (χ4v) is 1.99. The average molecular weight is 351 g/mol. The number of hydrogen-bond acceptors (Lipinski definition) is 5. The van der Waals surface area contributed by atoms with Gasteiger partial charge in [0, 0.05) is 31.7 Å². The van der Waals surface area contributed by atoms with Crippen molar-refractivity contribution in [1.29, 1.82) is 0 Å². The number of benzene rings is 1. The van der Waals surface area contributed by atoms with Gasteiger partial charge in [-0.25, -0.2) is 9.59 Å². The monoisotopic (exact) mass is 351 g/mol. The van der Waals surface area contributed by atoms with Crippen LogP contribution in [0.1, 0.15) is 31.1 Å². The summed E-state index contributed by atoms with van der Waals surface area (Å²) in [6, 6.07) is 5.94. The summed E-state index contributed by atoms with van der Waals surface area (Å²) in [6.07, 6.45) is -0.788. The van der Waals surface area contributed by atoms with E-state index in [-0.39, 0.29) is 18.5 Å². The third-order valence-electron chi connectivity index (χ3n) is 3.32. The van der Waals surface area contributed by atoms with Crippen molar-refractivity contribution in [2.45, 2.75) is 20.8 Å². The molecule has 0 bridgehead atoms. The smallest absolute Gasteiger partial charge is 0.434 e. The predicted molar refractivity (Wildman–Crippen MR) is 92.7 cm³/mol. The van der Waals surface area contributed by atoms with Gasteiger partial charge in [0.25, 0.3) is 5.91 Å². The number of carbonyl (C=O) groups is 3. The van der Waals surface area contributed by atoms with Crippen molar-refractivity contribution in [1.82, 2.24) is 15.5 Å². The lowest BCUT2D eigenvalue weighted by Gasteiger charge is -2.19. The van der Waals surface area contributed by atoms with E-state index in [1.807, 2.05) is 13.8 Å². The van der Waals surface area contributed by atoms with Crippen molar-refractivity contribution in [3.8, 4) is 5.75 Å². The zero-order valence-electron chi connectivity index (χ0n) is 14.8. The Labute approximate surface area is 147 Å². The minimum absolute atomic E-state index is 0.153. The molecule has 0 unspecified atom stereocenters. The van der Waals surface area contributed by atoms with Gasteiger partial charge in [-0.15, -0.1) is 0 Å². The molecule has 0 radical (unpaired) electrons. The van der Waals surface area contributed by atoms with Crippen LogP contribution in [0.3, 0.4) is 0 Å². The van der Waals surface area contributed by atoms with Gasteiger partial charge in [-0.2, -0.15) is 0 Å². The van der Waals surface area contributed by atoms with Crippen LogP contribution in [0, 0.1) is 0 Å². The summed E-state index contributed by atoms with van der Waals surface area (Å²) in [7, 11) is 0. The molecule has 2 N–H and O–H groups in total. The molecule has 0 spiro atoms. The van der Waals surface area contributed by atoms with Gasteiger partial charge in [-0.05, 0) is 45.0 Å². The summed E-state index contributed by atoms with van der Waals surface area (Å²) in [5, 5.41) is 5.44. The molecule has 0 aromatic heterocycles. The lowest BCUT2D eigenvalue weighted by Crippen LogP contribution is -2.42. The SMILES string of the molecule is CCOC(=O)Oc1ccc(C(=O)NCCNC(=O)N(CC)CC)cc1. The Kier molecular flexibility index (Phi) is 8.84. The normalized spacial score (nSPS) is 9.88. The summed E-state index contributed by atoms with van der Waals surface area (Å²) in [6.45, 7) is 7.63. The average Bonchev–Trinajstić information content (AvgIpc) is 2.60. The molecule has 3 amide bonds. The van der Waals surface area contributed by atoms with E-state index < -0.39 is 6.16 Å². The standard InChI is InChI=1S/C17H25N3O5/c1-4-20(5-2)16(22)19-12-11-18-15(21)13-7-9-14(10-8-13)25-17(23)24-6-3/h7-10H,4-6,11-12H2,1-3H3,(H,18,21)(H,19,22). The molecule has 25 heavy (non-hydrogen) atoms. The fraction of sp³-hybridized carbons (Fsp3) is 0.471. The molecule has 0 aliphatic carbocycles. The molecule has 1 rings (SSSR count). The molecular formula is C17H25N3O5. The maximum atomic E-state index is 12.0. The highest BCUT2D eigenvalue weighted by atomic mass is 16.7. The highest BCUT2D eigenvalue weighted by molar-refractivity contribution is 5.94. The quantitative estimate of drug-likeness (QED) is 0.424. The number of ether oxygens (including phenoxy) is 2. The molecule has 8 nitrogen and oxygen atoms in total. The first-order valence-corrected chi connectivity index (χ1v) is 8.27. The number of rotatable bonds is 8. The highest BCUT2D eigenvalue weighted by Gasteiger charge is 2.10. The third kappa shape index (κ3) is 7.11. The Hall–Kier alpha value is -2.77. The van der Waals surface area contributed by atoms with E-state index in [4.69, 9.17) is 4.74 Å². The number of urea groups is 1. The van der Waals surface area contributed by atoms with Gasteiger partial charge in [0.1, 0.15) is 5.75 Å². The molecule has 0 aliphatic heterocycles. The number of carbonyl (C=O) groups excluding carboxylic acids is 3. The minimum atomic E-state index is -0.788. The molecule has 1 aromatic rings. The van der Waals surface area contributed by atoms with Gasteiger partial charge < -0.3 is 25.0 Å². The topological polar surface area (TPSA) is 97.0 Å². The van der Waals surface area contributed by atoms with E-state index in [2.05, 4.69) is 15.4 Å². The molecular weight excluding hydrogens is 326 g/mol. The predicted octanol–water partition coefficient (Wildman–Crippen LogP) is 2.00. The van der Waals surface area contributed by atoms with Crippen LogP contribution in [0.5, 0.6) is 5.75 Å². The van der Waals surface area contributed by atoms with E-state index in [9.17, 15) is 14.4 Å². The summed E-state index contributed by atoms with van der Waals surface area (Å²) < 4.78 is 9.58. The molecule has 0 atom stereocenters. The zero-order valence-corrected chi connectivity index (χ0v) is 14.8. The first-order valence-electron chi connectivity index (χ1n) is 8.27. The van der Waals surface area contributed by atoms with Crippen molar-refractivity contribution in [3.05, 3.63) is 29.8 Å². The van der Waals surface area contributed by atoms with Gasteiger partial charge in [0.15, 0.2) is 0 Å². The van der Waals surface area contributed by atoms with Gasteiger partial charge in [0.05, 0.1) is 6.61 Å². The molecule has 0 heterocycles. The van der Waals surface area contributed by atoms with Gasteiger partial charge in [-0.3, -0.25) is 4.79 Å². The summed E-state index contributed by atoms with van der Waals surface area (Å²) in [5.41, 5.74) is 0.422. The van der Waals surface area contributed by atoms with Crippen LogP contribution in [0.15, 0.2) is 24.3 Å². The van der Waals surface area contributed by atoms with Crippen molar-refractivity contribution in [2.75, 3.05) is 32.8 Å². The van der Waals surface area contributed by atoms with Crippen LogP contribution in [0.2, 0.25) is 0 Å². The lowest BCUT2D eigenvalue weighted by molar-refractivity contribution is 0.0953. The Morgan fingerprint density at radius 3 is 2.12 bits per heavy atom. The number of nitrogens with one attached hydrogen (secondary N) is 2. The molecule has 0 aliphatic rings. The Bertz CT molecular complexity index is 570. The van der Waals surface area contributed by atoms with E-state index in [0.717, 1.165) is 0 Å². The second kappa shape index (κ2) is 10.9. The Balaban J connectivity index is 2.37. The second-order valence-electron chi connectivity index (χ2n) is 4.97. The summed E-state index contributed by atoms with van der Waals surface area (Å²) in [5.74, 6) is 0.0151. The molecule has 1 aromatic carbocycles.